The van der Waals surface area contributed by atoms with Gasteiger partial charge in [0.05, 0.1) is 44.9 Å². The maximum Gasteiger partial charge on any atom is 0.263 e. The number of hydrogen-bond acceptors (Lipinski definition) is 5. The number of ether oxygens (including phenoxy) is 3. The van der Waals surface area contributed by atoms with Crippen LogP contribution >= 0.6 is 0 Å². The van der Waals surface area contributed by atoms with E-state index in [1.165, 1.54) is 14.2 Å². The Bertz CT molecular complexity index is 1000. The molecule has 1 aromatic heterocycles. The second kappa shape index (κ2) is 8.68. The Kier molecular flexibility index (Phi) is 6.07. The summed E-state index contributed by atoms with van der Waals surface area (Å²) in [5.74, 6) is 1.37. The number of anilines is 1. The molecule has 0 spiro atoms. The number of benzene rings is 2. The van der Waals surface area contributed by atoms with E-state index in [4.69, 9.17) is 14.2 Å². The van der Waals surface area contributed by atoms with Crippen molar-refractivity contribution in [1.29, 1.82) is 0 Å². The van der Waals surface area contributed by atoms with Gasteiger partial charge in [0.25, 0.3) is 5.91 Å². The first-order valence-corrected chi connectivity index (χ1v) is 9.17. The minimum Gasteiger partial charge on any atom is -0.497 e. The van der Waals surface area contributed by atoms with Crippen molar-refractivity contribution >= 4 is 11.6 Å². The molecule has 3 rings (SSSR count). The van der Waals surface area contributed by atoms with Gasteiger partial charge in [-0.05, 0) is 43.7 Å². The largest absolute Gasteiger partial charge is 0.497 e. The zero-order chi connectivity index (χ0) is 21.0. The van der Waals surface area contributed by atoms with Gasteiger partial charge in [-0.1, -0.05) is 18.2 Å². The summed E-state index contributed by atoms with van der Waals surface area (Å²) in [5.41, 5.74) is 3.65. The molecule has 1 heterocycles. The van der Waals surface area contributed by atoms with E-state index in [1.54, 1.807) is 25.3 Å². The van der Waals surface area contributed by atoms with Crippen LogP contribution in [0.15, 0.2) is 42.5 Å². The Morgan fingerprint density at radius 1 is 1.00 bits per heavy atom. The van der Waals surface area contributed by atoms with E-state index in [0.717, 1.165) is 22.7 Å². The summed E-state index contributed by atoms with van der Waals surface area (Å²) in [7, 11) is 4.69. The predicted octanol–water partition coefficient (Wildman–Crippen LogP) is 3.83. The smallest absolute Gasteiger partial charge is 0.263 e. The number of rotatable bonds is 7. The molecular formula is C22H25N3O4. The molecule has 3 aromatic rings. The van der Waals surface area contributed by atoms with E-state index in [0.29, 0.717) is 29.3 Å². The van der Waals surface area contributed by atoms with Gasteiger partial charge in [-0.2, -0.15) is 5.10 Å². The standard InChI is InChI=1S/C22H25N3O4/c1-14-21(23-22(26)20-18(28-4)10-7-11-19(20)29-5)15(2)25(24-14)13-16-8-6-9-17(12-16)27-3/h6-12H,13H2,1-5H3,(H,23,26). The van der Waals surface area contributed by atoms with Gasteiger partial charge in [0.15, 0.2) is 0 Å². The lowest BCUT2D eigenvalue weighted by molar-refractivity contribution is 0.102. The topological polar surface area (TPSA) is 74.6 Å². The summed E-state index contributed by atoms with van der Waals surface area (Å²) in [6.07, 6.45) is 0. The minimum atomic E-state index is -0.313. The molecule has 0 atom stereocenters. The Hall–Kier alpha value is -3.48. The number of nitrogens with one attached hydrogen (secondary N) is 1. The van der Waals surface area contributed by atoms with Crippen molar-refractivity contribution in [2.45, 2.75) is 20.4 Å². The van der Waals surface area contributed by atoms with Gasteiger partial charge in [0, 0.05) is 0 Å². The van der Waals surface area contributed by atoms with Crippen LogP contribution in [0.3, 0.4) is 0 Å². The highest BCUT2D eigenvalue weighted by atomic mass is 16.5. The number of aromatic nitrogens is 2. The molecule has 0 radical (unpaired) electrons. The summed E-state index contributed by atoms with van der Waals surface area (Å²) in [4.78, 5) is 13.0. The van der Waals surface area contributed by atoms with Gasteiger partial charge >= 0.3 is 0 Å². The van der Waals surface area contributed by atoms with Gasteiger partial charge in [0.1, 0.15) is 22.8 Å². The Morgan fingerprint density at radius 2 is 1.66 bits per heavy atom. The minimum absolute atomic E-state index is 0.313. The molecule has 152 valence electrons. The molecule has 0 unspecified atom stereocenters. The lowest BCUT2D eigenvalue weighted by atomic mass is 10.1. The lowest BCUT2D eigenvalue weighted by Gasteiger charge is -2.13. The Morgan fingerprint density at radius 3 is 2.28 bits per heavy atom. The molecule has 2 aromatic carbocycles. The first-order chi connectivity index (χ1) is 14.0. The number of aryl methyl sites for hydroxylation is 1. The fourth-order valence-corrected chi connectivity index (χ4v) is 3.23. The van der Waals surface area contributed by atoms with Crippen LogP contribution in [0.2, 0.25) is 0 Å². The maximum absolute atomic E-state index is 13.0. The fourth-order valence-electron chi connectivity index (χ4n) is 3.23. The molecule has 0 saturated heterocycles. The van der Waals surface area contributed by atoms with Crippen LogP contribution in [0.5, 0.6) is 17.2 Å². The van der Waals surface area contributed by atoms with Crippen molar-refractivity contribution < 1.29 is 19.0 Å². The molecule has 0 fully saturated rings. The molecule has 29 heavy (non-hydrogen) atoms. The van der Waals surface area contributed by atoms with Crippen molar-refractivity contribution in [2.24, 2.45) is 0 Å². The van der Waals surface area contributed by atoms with E-state index in [9.17, 15) is 4.79 Å². The van der Waals surface area contributed by atoms with Crippen molar-refractivity contribution in [3.63, 3.8) is 0 Å². The van der Waals surface area contributed by atoms with Crippen molar-refractivity contribution in [2.75, 3.05) is 26.6 Å². The number of methoxy groups -OCH3 is 3. The number of amides is 1. The summed E-state index contributed by atoms with van der Waals surface area (Å²) >= 11 is 0. The lowest BCUT2D eigenvalue weighted by Crippen LogP contribution is -2.15. The molecule has 1 N–H and O–H groups in total. The third-order valence-electron chi connectivity index (χ3n) is 4.74. The average molecular weight is 395 g/mol. The van der Waals surface area contributed by atoms with E-state index < -0.39 is 0 Å². The molecule has 0 saturated carbocycles. The summed E-state index contributed by atoms with van der Waals surface area (Å²) < 4.78 is 17.8. The highest BCUT2D eigenvalue weighted by Gasteiger charge is 2.21. The van der Waals surface area contributed by atoms with E-state index in [2.05, 4.69) is 10.4 Å². The zero-order valence-corrected chi connectivity index (χ0v) is 17.3. The first kappa shape index (κ1) is 20.3. The van der Waals surface area contributed by atoms with Gasteiger partial charge in [-0.15, -0.1) is 0 Å². The van der Waals surface area contributed by atoms with Crippen molar-refractivity contribution in [1.82, 2.24) is 9.78 Å². The van der Waals surface area contributed by atoms with Crippen molar-refractivity contribution in [3.8, 4) is 17.2 Å². The summed E-state index contributed by atoms with van der Waals surface area (Å²) in [5, 5.41) is 7.56. The Balaban J connectivity index is 1.88. The van der Waals surface area contributed by atoms with Crippen LogP contribution in [-0.4, -0.2) is 37.0 Å². The second-order valence-corrected chi connectivity index (χ2v) is 6.55. The molecule has 0 aliphatic rings. The van der Waals surface area contributed by atoms with Crippen LogP contribution in [0.1, 0.15) is 27.3 Å². The third kappa shape index (κ3) is 4.18. The third-order valence-corrected chi connectivity index (χ3v) is 4.74. The molecule has 7 heteroatoms. The highest BCUT2D eigenvalue weighted by Crippen LogP contribution is 2.30. The summed E-state index contributed by atoms with van der Waals surface area (Å²) in [6.45, 7) is 4.36. The second-order valence-electron chi connectivity index (χ2n) is 6.55. The van der Waals surface area contributed by atoms with Crippen LogP contribution < -0.4 is 19.5 Å². The van der Waals surface area contributed by atoms with Crippen LogP contribution in [-0.2, 0) is 6.54 Å². The fraction of sp³-hybridized carbons (Fsp3) is 0.273. The van der Waals surface area contributed by atoms with Crippen LogP contribution in [0.25, 0.3) is 0 Å². The molecule has 0 aliphatic carbocycles. The highest BCUT2D eigenvalue weighted by molar-refractivity contribution is 6.08. The Labute approximate surface area is 170 Å². The number of nitrogens with zero attached hydrogens (tertiary/aromatic N) is 2. The monoisotopic (exact) mass is 395 g/mol. The SMILES string of the molecule is COc1cccc(Cn2nc(C)c(NC(=O)c3c(OC)cccc3OC)c2C)c1. The summed E-state index contributed by atoms with van der Waals surface area (Å²) in [6, 6.07) is 13.0. The number of hydrogen-bond donors (Lipinski definition) is 1. The van der Waals surface area contributed by atoms with Crippen LogP contribution in [0.4, 0.5) is 5.69 Å². The molecule has 0 aliphatic heterocycles. The predicted molar refractivity (Wildman–Crippen MR) is 111 cm³/mol. The van der Waals surface area contributed by atoms with E-state index in [-0.39, 0.29) is 5.91 Å². The number of carbonyl (C=O) groups excluding carboxylic acids is 1. The molecular weight excluding hydrogens is 370 g/mol. The molecule has 1 amide bonds. The van der Waals surface area contributed by atoms with Gasteiger partial charge in [-0.3, -0.25) is 9.48 Å². The quantitative estimate of drug-likeness (QED) is 0.658. The van der Waals surface area contributed by atoms with Gasteiger partial charge in [-0.25, -0.2) is 0 Å². The van der Waals surface area contributed by atoms with E-state index in [1.807, 2.05) is 42.8 Å². The normalized spacial score (nSPS) is 10.5. The van der Waals surface area contributed by atoms with E-state index >= 15 is 0 Å². The average Bonchev–Trinajstić information content (AvgIpc) is 3.00. The van der Waals surface area contributed by atoms with Crippen molar-refractivity contribution in [3.05, 3.63) is 65.0 Å². The maximum atomic E-state index is 13.0. The van der Waals surface area contributed by atoms with Gasteiger partial charge in [0.2, 0.25) is 0 Å². The molecule has 7 nitrogen and oxygen atoms in total. The number of carbonyl (C=O) groups is 1. The van der Waals surface area contributed by atoms with Gasteiger partial charge < -0.3 is 19.5 Å². The zero-order valence-electron chi connectivity index (χ0n) is 17.3. The first-order valence-electron chi connectivity index (χ1n) is 9.17. The van der Waals surface area contributed by atoms with Crippen LogP contribution in [0, 0.1) is 13.8 Å². The molecule has 0 bridgehead atoms.